The van der Waals surface area contributed by atoms with Crippen molar-refractivity contribution in [1.82, 2.24) is 0 Å². The van der Waals surface area contributed by atoms with Gasteiger partial charge in [-0.3, -0.25) is 0 Å². The highest BCUT2D eigenvalue weighted by Crippen LogP contribution is 2.52. The van der Waals surface area contributed by atoms with E-state index >= 15 is 0 Å². The summed E-state index contributed by atoms with van der Waals surface area (Å²) in [5.41, 5.74) is 8.29. The topological polar surface area (TPSA) is 6.48 Å². The summed E-state index contributed by atoms with van der Waals surface area (Å²) in [4.78, 5) is 4.31. The standard InChI is InChI=1S/C23H26N2/c1-24(2)20-11-7-16(8-12-20)22-18-5-6-19(15-18)23(22)17-9-13-21(14-10-17)25(3)4/h5-14,18-19H,15H2,1-4H3/t18-,19+. The summed E-state index contributed by atoms with van der Waals surface area (Å²) in [6.07, 6.45) is 6.03. The second-order valence-electron chi connectivity index (χ2n) is 7.54. The van der Waals surface area contributed by atoms with E-state index in [4.69, 9.17) is 0 Å². The van der Waals surface area contributed by atoms with Crippen LogP contribution in [-0.4, -0.2) is 28.2 Å². The van der Waals surface area contributed by atoms with E-state index in [1.807, 2.05) is 0 Å². The quantitative estimate of drug-likeness (QED) is 0.733. The molecule has 2 heteroatoms. The van der Waals surface area contributed by atoms with Crippen LogP contribution in [0.15, 0.2) is 60.7 Å². The molecule has 0 spiro atoms. The maximum atomic E-state index is 2.40. The van der Waals surface area contributed by atoms with Crippen LogP contribution >= 0.6 is 0 Å². The van der Waals surface area contributed by atoms with Crippen LogP contribution < -0.4 is 9.80 Å². The van der Waals surface area contributed by atoms with E-state index in [9.17, 15) is 0 Å². The molecular weight excluding hydrogens is 304 g/mol. The van der Waals surface area contributed by atoms with Crippen LogP contribution in [0.3, 0.4) is 0 Å². The van der Waals surface area contributed by atoms with Crippen LogP contribution in [0.1, 0.15) is 17.5 Å². The molecular formula is C23H26N2. The monoisotopic (exact) mass is 330 g/mol. The first kappa shape index (κ1) is 16.0. The summed E-state index contributed by atoms with van der Waals surface area (Å²) in [6, 6.07) is 18.0. The lowest BCUT2D eigenvalue weighted by Gasteiger charge is -2.20. The number of nitrogens with zero attached hydrogens (tertiary/aromatic N) is 2. The van der Waals surface area contributed by atoms with Gasteiger partial charge in [0.05, 0.1) is 0 Å². The van der Waals surface area contributed by atoms with Crippen molar-refractivity contribution >= 4 is 22.5 Å². The first-order valence-corrected chi connectivity index (χ1v) is 9.02. The molecule has 2 atom stereocenters. The van der Waals surface area contributed by atoms with Crippen LogP contribution in [0.5, 0.6) is 0 Å². The van der Waals surface area contributed by atoms with E-state index in [-0.39, 0.29) is 0 Å². The Hall–Kier alpha value is -2.48. The fourth-order valence-electron chi connectivity index (χ4n) is 4.14. The maximum absolute atomic E-state index is 2.40. The van der Waals surface area contributed by atoms with E-state index < -0.39 is 0 Å². The Bertz CT molecular complexity index is 754. The lowest BCUT2D eigenvalue weighted by molar-refractivity contribution is 0.746. The molecule has 0 saturated carbocycles. The molecule has 128 valence electrons. The molecule has 4 rings (SSSR count). The van der Waals surface area contributed by atoms with Crippen LogP contribution in [0.4, 0.5) is 11.4 Å². The number of fused-ring (bicyclic) bond motifs is 2. The van der Waals surface area contributed by atoms with Gasteiger partial charge in [-0.05, 0) is 53.0 Å². The van der Waals surface area contributed by atoms with Gasteiger partial charge in [0.15, 0.2) is 0 Å². The Morgan fingerprint density at radius 1 is 0.600 bits per heavy atom. The molecule has 0 radical (unpaired) electrons. The Labute approximate surface area is 151 Å². The molecule has 2 nitrogen and oxygen atoms in total. The summed E-state index contributed by atoms with van der Waals surface area (Å²) >= 11 is 0. The molecule has 0 aromatic heterocycles. The number of hydrogen-bond donors (Lipinski definition) is 0. The lowest BCUT2D eigenvalue weighted by Crippen LogP contribution is -2.08. The molecule has 0 fully saturated rings. The zero-order valence-electron chi connectivity index (χ0n) is 15.5. The minimum absolute atomic E-state index is 0.568. The predicted octanol–water partition coefficient (Wildman–Crippen LogP) is 4.94. The van der Waals surface area contributed by atoms with Gasteiger partial charge < -0.3 is 9.80 Å². The fraction of sp³-hybridized carbons (Fsp3) is 0.304. The van der Waals surface area contributed by atoms with Crippen molar-refractivity contribution in [2.24, 2.45) is 11.8 Å². The molecule has 2 aliphatic rings. The van der Waals surface area contributed by atoms with Crippen molar-refractivity contribution in [2.75, 3.05) is 38.0 Å². The van der Waals surface area contributed by atoms with E-state index in [2.05, 4.69) is 98.7 Å². The van der Waals surface area contributed by atoms with Gasteiger partial charge in [-0.25, -0.2) is 0 Å². The summed E-state index contributed by atoms with van der Waals surface area (Å²) in [7, 11) is 8.36. The van der Waals surface area contributed by atoms with Crippen LogP contribution in [-0.2, 0) is 0 Å². The number of rotatable bonds is 4. The Morgan fingerprint density at radius 3 is 1.28 bits per heavy atom. The van der Waals surface area contributed by atoms with Crippen LogP contribution in [0.2, 0.25) is 0 Å². The first-order chi connectivity index (χ1) is 12.0. The third kappa shape index (κ3) is 2.76. The minimum atomic E-state index is 0.568. The largest absolute Gasteiger partial charge is 0.378 e. The Morgan fingerprint density at radius 2 is 0.960 bits per heavy atom. The molecule has 0 aliphatic heterocycles. The molecule has 2 aliphatic carbocycles. The summed E-state index contributed by atoms with van der Waals surface area (Å²) in [6.45, 7) is 0. The van der Waals surface area contributed by atoms with Crippen molar-refractivity contribution in [3.63, 3.8) is 0 Å². The average molecular weight is 330 g/mol. The van der Waals surface area contributed by atoms with E-state index in [0.29, 0.717) is 11.8 Å². The summed E-state index contributed by atoms with van der Waals surface area (Å²) in [5.74, 6) is 1.14. The van der Waals surface area contributed by atoms with Gasteiger partial charge in [-0.15, -0.1) is 0 Å². The van der Waals surface area contributed by atoms with Crippen LogP contribution in [0, 0.1) is 11.8 Å². The number of anilines is 2. The van der Waals surface area contributed by atoms with Crippen molar-refractivity contribution in [3.05, 3.63) is 71.8 Å². The predicted molar refractivity (Wildman–Crippen MR) is 109 cm³/mol. The summed E-state index contributed by atoms with van der Waals surface area (Å²) in [5, 5.41) is 0. The smallest absolute Gasteiger partial charge is 0.0361 e. The molecule has 0 amide bonds. The van der Waals surface area contributed by atoms with Crippen LogP contribution in [0.25, 0.3) is 11.1 Å². The maximum Gasteiger partial charge on any atom is 0.0361 e. The number of allylic oxidation sites excluding steroid dienone is 4. The van der Waals surface area contributed by atoms with Gasteiger partial charge in [0, 0.05) is 51.4 Å². The third-order valence-corrected chi connectivity index (χ3v) is 5.50. The second-order valence-corrected chi connectivity index (χ2v) is 7.54. The number of benzene rings is 2. The molecule has 0 N–H and O–H groups in total. The van der Waals surface area contributed by atoms with E-state index in [0.717, 1.165) is 0 Å². The zero-order chi connectivity index (χ0) is 17.6. The Balaban J connectivity index is 1.76. The fourth-order valence-corrected chi connectivity index (χ4v) is 4.14. The molecule has 0 heterocycles. The van der Waals surface area contributed by atoms with Crippen molar-refractivity contribution in [3.8, 4) is 0 Å². The average Bonchev–Trinajstić information content (AvgIpc) is 3.23. The highest BCUT2D eigenvalue weighted by atomic mass is 15.1. The Kier molecular flexibility index (Phi) is 3.91. The van der Waals surface area contributed by atoms with E-state index in [1.165, 1.54) is 40.1 Å². The van der Waals surface area contributed by atoms with Gasteiger partial charge in [0.25, 0.3) is 0 Å². The molecule has 2 aromatic rings. The molecule has 25 heavy (non-hydrogen) atoms. The van der Waals surface area contributed by atoms with Crippen molar-refractivity contribution in [2.45, 2.75) is 6.42 Å². The van der Waals surface area contributed by atoms with Gasteiger partial charge in [0.2, 0.25) is 0 Å². The highest BCUT2D eigenvalue weighted by molar-refractivity contribution is 5.98. The van der Waals surface area contributed by atoms with Gasteiger partial charge >= 0.3 is 0 Å². The SMILES string of the molecule is CN(C)c1ccc(C2=C(c3ccc(N(C)C)cc3)[C@H]3C=C[C@@H]2C3)cc1. The zero-order valence-corrected chi connectivity index (χ0v) is 15.5. The van der Waals surface area contributed by atoms with Gasteiger partial charge in [0.1, 0.15) is 0 Å². The normalized spacial score (nSPS) is 21.1. The highest BCUT2D eigenvalue weighted by Gasteiger charge is 2.36. The lowest BCUT2D eigenvalue weighted by atomic mass is 9.87. The number of hydrogen-bond acceptors (Lipinski definition) is 2. The molecule has 2 bridgehead atoms. The van der Waals surface area contributed by atoms with Gasteiger partial charge in [-0.1, -0.05) is 36.4 Å². The van der Waals surface area contributed by atoms with Crippen molar-refractivity contribution < 1.29 is 0 Å². The molecule has 0 unspecified atom stereocenters. The van der Waals surface area contributed by atoms with E-state index in [1.54, 1.807) is 0 Å². The minimum Gasteiger partial charge on any atom is -0.378 e. The molecule has 0 saturated heterocycles. The summed E-state index contributed by atoms with van der Waals surface area (Å²) < 4.78 is 0. The first-order valence-electron chi connectivity index (χ1n) is 9.02. The molecule has 2 aromatic carbocycles. The third-order valence-electron chi connectivity index (χ3n) is 5.50. The second kappa shape index (κ2) is 6.11. The van der Waals surface area contributed by atoms with Gasteiger partial charge in [-0.2, -0.15) is 0 Å². The van der Waals surface area contributed by atoms with Crippen molar-refractivity contribution in [1.29, 1.82) is 0 Å².